The summed E-state index contributed by atoms with van der Waals surface area (Å²) < 4.78 is 34.4. The highest BCUT2D eigenvalue weighted by atomic mass is 32.2. The zero-order valence-corrected chi connectivity index (χ0v) is 16.9. The summed E-state index contributed by atoms with van der Waals surface area (Å²) >= 11 is 0. The van der Waals surface area contributed by atoms with Crippen molar-refractivity contribution in [2.24, 2.45) is 0 Å². The molecule has 1 aromatic carbocycles. The van der Waals surface area contributed by atoms with Crippen LogP contribution in [-0.2, 0) is 14.8 Å². The molecule has 30 heavy (non-hydrogen) atoms. The number of ether oxygens (including phenoxy) is 1. The molecule has 3 aromatic rings. The van der Waals surface area contributed by atoms with E-state index >= 15 is 0 Å². The van der Waals surface area contributed by atoms with Crippen molar-refractivity contribution in [1.29, 1.82) is 0 Å². The quantitative estimate of drug-likeness (QED) is 0.475. The Kier molecular flexibility index (Phi) is 5.42. The van der Waals surface area contributed by atoms with E-state index in [9.17, 15) is 18.6 Å². The second-order valence-electron chi connectivity index (χ2n) is 6.90. The molecule has 1 aliphatic rings. The van der Waals surface area contributed by atoms with Crippen LogP contribution in [0.5, 0.6) is 0 Å². The van der Waals surface area contributed by atoms with Crippen LogP contribution >= 0.6 is 0 Å². The SMILES string of the molecule is CCN(C[C@H]1O[C@@H](n2cnc3c(N)ncnc32)[C@H](O)[C@@H]1O)S(=O)(=O)c1ccccc1. The molecule has 160 valence electrons. The van der Waals surface area contributed by atoms with Crippen LogP contribution in [0.25, 0.3) is 11.2 Å². The van der Waals surface area contributed by atoms with Gasteiger partial charge in [-0.3, -0.25) is 4.57 Å². The van der Waals surface area contributed by atoms with E-state index in [4.69, 9.17) is 10.5 Å². The highest BCUT2D eigenvalue weighted by Crippen LogP contribution is 2.33. The van der Waals surface area contributed by atoms with E-state index in [2.05, 4.69) is 15.0 Å². The Morgan fingerprint density at radius 3 is 2.60 bits per heavy atom. The standard InChI is InChI=1S/C18H22N6O5S/c1-2-23(30(27,28)11-6-4-3-5-7-11)8-12-14(25)15(26)18(29-12)24-10-22-13-16(19)20-9-21-17(13)24/h3-7,9-10,12,14-15,18,25-26H,2,8H2,1H3,(H2,19,20,21)/t12-,14-,15-,18-/m1/s1. The molecule has 0 bridgehead atoms. The minimum Gasteiger partial charge on any atom is -0.387 e. The summed E-state index contributed by atoms with van der Waals surface area (Å²) in [5, 5.41) is 21.1. The fourth-order valence-corrected chi connectivity index (χ4v) is 4.99. The number of anilines is 1. The molecule has 0 radical (unpaired) electrons. The lowest BCUT2D eigenvalue weighted by Crippen LogP contribution is -2.42. The Morgan fingerprint density at radius 2 is 1.90 bits per heavy atom. The van der Waals surface area contributed by atoms with E-state index in [1.54, 1.807) is 25.1 Å². The molecule has 0 unspecified atom stereocenters. The Morgan fingerprint density at radius 1 is 1.17 bits per heavy atom. The number of nitrogens with zero attached hydrogens (tertiary/aromatic N) is 5. The van der Waals surface area contributed by atoms with Crippen molar-refractivity contribution < 1.29 is 23.4 Å². The first-order valence-electron chi connectivity index (χ1n) is 9.34. The molecular formula is C18H22N6O5S. The van der Waals surface area contributed by atoms with E-state index in [-0.39, 0.29) is 23.8 Å². The number of hydrogen-bond donors (Lipinski definition) is 3. The van der Waals surface area contributed by atoms with Crippen LogP contribution in [0.1, 0.15) is 13.2 Å². The Balaban J connectivity index is 1.59. The summed E-state index contributed by atoms with van der Waals surface area (Å²) in [6.45, 7) is 1.73. The van der Waals surface area contributed by atoms with E-state index in [1.165, 1.54) is 33.7 Å². The van der Waals surface area contributed by atoms with Crippen LogP contribution in [0.4, 0.5) is 5.82 Å². The number of imidazole rings is 1. The van der Waals surface area contributed by atoms with Gasteiger partial charge in [0.1, 0.15) is 30.2 Å². The number of aromatic nitrogens is 4. The Hall–Kier alpha value is -2.64. The predicted octanol–water partition coefficient (Wildman–Crippen LogP) is -0.261. The number of aliphatic hydroxyl groups excluding tert-OH is 2. The molecule has 0 amide bonds. The third-order valence-electron chi connectivity index (χ3n) is 5.12. The van der Waals surface area contributed by atoms with E-state index in [1.807, 2.05) is 0 Å². The van der Waals surface area contributed by atoms with Crippen LogP contribution in [-0.4, -0.2) is 73.9 Å². The number of likely N-dealkylation sites (N-methyl/N-ethyl adjacent to an activating group) is 1. The molecule has 1 aliphatic heterocycles. The molecule has 2 aromatic heterocycles. The number of nitrogen functional groups attached to an aromatic ring is 1. The van der Waals surface area contributed by atoms with Gasteiger partial charge in [0, 0.05) is 13.1 Å². The van der Waals surface area contributed by atoms with Gasteiger partial charge in [-0.15, -0.1) is 0 Å². The van der Waals surface area contributed by atoms with Crippen LogP contribution < -0.4 is 5.73 Å². The van der Waals surface area contributed by atoms with Crippen molar-refractivity contribution in [2.75, 3.05) is 18.8 Å². The van der Waals surface area contributed by atoms with Gasteiger partial charge >= 0.3 is 0 Å². The Labute approximate surface area is 172 Å². The number of nitrogens with two attached hydrogens (primary N) is 1. The molecule has 3 heterocycles. The summed E-state index contributed by atoms with van der Waals surface area (Å²) in [5.74, 6) is 0.175. The van der Waals surface area contributed by atoms with Gasteiger partial charge in [0.15, 0.2) is 17.7 Å². The zero-order valence-electron chi connectivity index (χ0n) is 16.1. The second kappa shape index (κ2) is 7.89. The molecule has 0 spiro atoms. The maximum Gasteiger partial charge on any atom is 0.243 e. The number of benzene rings is 1. The fourth-order valence-electron chi connectivity index (χ4n) is 3.51. The van der Waals surface area contributed by atoms with Gasteiger partial charge in [-0.25, -0.2) is 23.4 Å². The number of aliphatic hydroxyl groups is 2. The van der Waals surface area contributed by atoms with Crippen molar-refractivity contribution in [2.45, 2.75) is 36.4 Å². The first kappa shape index (κ1) is 20.6. The van der Waals surface area contributed by atoms with Crippen molar-refractivity contribution >= 4 is 27.0 Å². The zero-order chi connectivity index (χ0) is 21.5. The largest absolute Gasteiger partial charge is 0.387 e. The minimum atomic E-state index is -3.79. The van der Waals surface area contributed by atoms with Crippen LogP contribution in [0.3, 0.4) is 0 Å². The van der Waals surface area contributed by atoms with Gasteiger partial charge in [-0.1, -0.05) is 25.1 Å². The lowest BCUT2D eigenvalue weighted by atomic mass is 10.1. The maximum atomic E-state index is 12.9. The third-order valence-corrected chi connectivity index (χ3v) is 7.07. The molecular weight excluding hydrogens is 412 g/mol. The normalized spacial score (nSPS) is 24.7. The smallest absolute Gasteiger partial charge is 0.243 e. The number of sulfonamides is 1. The van der Waals surface area contributed by atoms with Crippen LogP contribution in [0.15, 0.2) is 47.9 Å². The number of rotatable bonds is 6. The van der Waals surface area contributed by atoms with Crippen molar-refractivity contribution in [3.63, 3.8) is 0 Å². The fraction of sp³-hybridized carbons (Fsp3) is 0.389. The average molecular weight is 434 g/mol. The molecule has 4 N–H and O–H groups in total. The first-order chi connectivity index (χ1) is 14.3. The minimum absolute atomic E-state index is 0.133. The van der Waals surface area contributed by atoms with Gasteiger partial charge in [-0.2, -0.15) is 4.31 Å². The van der Waals surface area contributed by atoms with E-state index < -0.39 is 34.6 Å². The highest BCUT2D eigenvalue weighted by Gasteiger charge is 2.45. The summed E-state index contributed by atoms with van der Waals surface area (Å²) in [6, 6.07) is 8.01. The van der Waals surface area contributed by atoms with E-state index in [0.29, 0.717) is 11.2 Å². The summed E-state index contributed by atoms with van der Waals surface area (Å²) in [6.07, 6.45) is -1.95. The molecule has 1 fully saturated rings. The summed E-state index contributed by atoms with van der Waals surface area (Å²) in [5.41, 5.74) is 6.47. The molecule has 4 atom stereocenters. The Bertz CT molecular complexity index is 1140. The van der Waals surface area contributed by atoms with Crippen molar-refractivity contribution in [1.82, 2.24) is 23.8 Å². The van der Waals surface area contributed by atoms with Gasteiger partial charge in [0.05, 0.1) is 11.2 Å². The molecule has 11 nitrogen and oxygen atoms in total. The van der Waals surface area contributed by atoms with Gasteiger partial charge in [0.25, 0.3) is 0 Å². The van der Waals surface area contributed by atoms with Gasteiger partial charge < -0.3 is 20.7 Å². The van der Waals surface area contributed by atoms with Crippen molar-refractivity contribution in [3.05, 3.63) is 43.0 Å². The van der Waals surface area contributed by atoms with Crippen LogP contribution in [0.2, 0.25) is 0 Å². The lowest BCUT2D eigenvalue weighted by molar-refractivity contribution is -0.0384. The highest BCUT2D eigenvalue weighted by molar-refractivity contribution is 7.89. The molecule has 0 saturated carbocycles. The maximum absolute atomic E-state index is 12.9. The lowest BCUT2D eigenvalue weighted by Gasteiger charge is -2.25. The molecule has 0 aliphatic carbocycles. The average Bonchev–Trinajstić information content (AvgIpc) is 3.29. The second-order valence-corrected chi connectivity index (χ2v) is 8.84. The van der Waals surface area contributed by atoms with E-state index in [0.717, 1.165) is 0 Å². The topological polar surface area (TPSA) is 157 Å². The summed E-state index contributed by atoms with van der Waals surface area (Å²) in [7, 11) is -3.79. The summed E-state index contributed by atoms with van der Waals surface area (Å²) in [4.78, 5) is 12.3. The number of hydrogen-bond acceptors (Lipinski definition) is 9. The third kappa shape index (κ3) is 3.42. The van der Waals surface area contributed by atoms with Gasteiger partial charge in [0.2, 0.25) is 10.0 Å². The van der Waals surface area contributed by atoms with Crippen LogP contribution in [0, 0.1) is 0 Å². The number of fused-ring (bicyclic) bond motifs is 1. The van der Waals surface area contributed by atoms with Gasteiger partial charge in [-0.05, 0) is 12.1 Å². The predicted molar refractivity (Wildman–Crippen MR) is 107 cm³/mol. The van der Waals surface area contributed by atoms with Crippen molar-refractivity contribution in [3.8, 4) is 0 Å². The monoisotopic (exact) mass is 434 g/mol. The molecule has 4 rings (SSSR count). The molecule has 12 heteroatoms. The molecule has 1 saturated heterocycles. The first-order valence-corrected chi connectivity index (χ1v) is 10.8.